The lowest BCUT2D eigenvalue weighted by Crippen LogP contribution is -1.87. The smallest absolute Gasteiger partial charge is 0.171 e. The van der Waals surface area contributed by atoms with Gasteiger partial charge in [-0.15, -0.1) is 34.2 Å². The van der Waals surface area contributed by atoms with Crippen molar-refractivity contribution in [2.45, 2.75) is 4.34 Å². The van der Waals surface area contributed by atoms with Gasteiger partial charge in [0.05, 0.1) is 5.51 Å². The standard InChI is InChI=1S/C6H6N4S3/c1-7-4-3(8-2-12-4)5-9-10-6(11)13-5/h2,7H,1H3,(H,10,11). The van der Waals surface area contributed by atoms with Crippen molar-refractivity contribution in [1.29, 1.82) is 0 Å². The van der Waals surface area contributed by atoms with Gasteiger partial charge in [0.15, 0.2) is 9.35 Å². The van der Waals surface area contributed by atoms with Gasteiger partial charge in [-0.25, -0.2) is 4.98 Å². The summed E-state index contributed by atoms with van der Waals surface area (Å²) in [6.45, 7) is 0. The fourth-order valence-corrected chi connectivity index (χ4v) is 2.49. The van der Waals surface area contributed by atoms with E-state index in [1.165, 1.54) is 11.3 Å². The molecule has 0 spiro atoms. The quantitative estimate of drug-likeness (QED) is 0.775. The van der Waals surface area contributed by atoms with E-state index >= 15 is 0 Å². The summed E-state index contributed by atoms with van der Waals surface area (Å²) in [6.07, 6.45) is 0. The number of thiol groups is 1. The second kappa shape index (κ2) is 3.60. The first-order valence-corrected chi connectivity index (χ1v) is 5.59. The summed E-state index contributed by atoms with van der Waals surface area (Å²) >= 11 is 7.07. The van der Waals surface area contributed by atoms with Crippen molar-refractivity contribution in [3.63, 3.8) is 0 Å². The SMILES string of the molecule is CNc1scnc1-c1nnc(S)s1. The maximum absolute atomic E-state index is 4.20. The lowest BCUT2D eigenvalue weighted by atomic mass is 10.5. The van der Waals surface area contributed by atoms with Crippen LogP contribution in [-0.2, 0) is 0 Å². The van der Waals surface area contributed by atoms with E-state index in [1.807, 2.05) is 7.05 Å². The van der Waals surface area contributed by atoms with Crippen molar-refractivity contribution in [3.8, 4) is 10.7 Å². The highest BCUT2D eigenvalue weighted by Crippen LogP contribution is 2.32. The first-order chi connectivity index (χ1) is 6.31. The zero-order valence-electron chi connectivity index (χ0n) is 6.68. The summed E-state index contributed by atoms with van der Waals surface area (Å²) in [5.41, 5.74) is 2.63. The number of nitrogens with zero attached hydrogens (tertiary/aromatic N) is 3. The molecule has 0 aliphatic carbocycles. The van der Waals surface area contributed by atoms with E-state index in [9.17, 15) is 0 Å². The van der Waals surface area contributed by atoms with Gasteiger partial charge in [0.2, 0.25) is 0 Å². The molecule has 2 heterocycles. The molecule has 0 bridgehead atoms. The fraction of sp³-hybridized carbons (Fsp3) is 0.167. The largest absolute Gasteiger partial charge is 0.378 e. The first kappa shape index (κ1) is 8.92. The van der Waals surface area contributed by atoms with Crippen molar-refractivity contribution in [2.75, 3.05) is 12.4 Å². The van der Waals surface area contributed by atoms with Crippen molar-refractivity contribution < 1.29 is 0 Å². The van der Waals surface area contributed by atoms with Crippen LogP contribution in [0.15, 0.2) is 9.85 Å². The lowest BCUT2D eigenvalue weighted by Gasteiger charge is -1.94. The van der Waals surface area contributed by atoms with E-state index in [0.717, 1.165) is 15.7 Å². The average molecular weight is 230 g/mol. The van der Waals surface area contributed by atoms with Gasteiger partial charge >= 0.3 is 0 Å². The summed E-state index contributed by atoms with van der Waals surface area (Å²) in [5, 5.41) is 12.6. The Morgan fingerprint density at radius 1 is 1.46 bits per heavy atom. The maximum atomic E-state index is 4.20. The maximum Gasteiger partial charge on any atom is 0.171 e. The Labute approximate surface area is 88.5 Å². The predicted octanol–water partition coefficient (Wildman–Crippen LogP) is 1.99. The molecule has 68 valence electrons. The van der Waals surface area contributed by atoms with E-state index in [-0.39, 0.29) is 0 Å². The molecule has 0 fully saturated rings. The molecule has 7 heteroatoms. The molecule has 0 atom stereocenters. The summed E-state index contributed by atoms with van der Waals surface area (Å²) < 4.78 is 0.657. The minimum atomic E-state index is 0.657. The molecule has 0 unspecified atom stereocenters. The number of rotatable bonds is 2. The molecule has 0 saturated heterocycles. The number of thiazole rings is 1. The van der Waals surface area contributed by atoms with E-state index in [2.05, 4.69) is 33.1 Å². The Morgan fingerprint density at radius 2 is 2.31 bits per heavy atom. The van der Waals surface area contributed by atoms with Crippen molar-refractivity contribution in [1.82, 2.24) is 15.2 Å². The van der Waals surface area contributed by atoms with Gasteiger partial charge in [0.25, 0.3) is 0 Å². The summed E-state index contributed by atoms with van der Waals surface area (Å²) in [4.78, 5) is 4.20. The molecule has 13 heavy (non-hydrogen) atoms. The topological polar surface area (TPSA) is 50.7 Å². The zero-order valence-corrected chi connectivity index (χ0v) is 9.21. The molecule has 2 aromatic rings. The van der Waals surface area contributed by atoms with Crippen LogP contribution >= 0.6 is 35.3 Å². The summed E-state index contributed by atoms with van der Waals surface area (Å²) in [5.74, 6) is 0. The van der Waals surface area contributed by atoms with Crippen LogP contribution < -0.4 is 5.32 Å². The van der Waals surface area contributed by atoms with Crippen LogP contribution in [0.5, 0.6) is 0 Å². The molecule has 0 aliphatic rings. The lowest BCUT2D eigenvalue weighted by molar-refractivity contribution is 1.02. The molecule has 0 amide bonds. The number of hydrogen-bond acceptors (Lipinski definition) is 7. The highest BCUT2D eigenvalue weighted by Gasteiger charge is 2.11. The molecule has 0 aromatic carbocycles. The second-order valence-electron chi connectivity index (χ2n) is 2.17. The minimum absolute atomic E-state index is 0.657. The van der Waals surface area contributed by atoms with Crippen molar-refractivity contribution >= 4 is 40.3 Å². The van der Waals surface area contributed by atoms with Crippen LogP contribution in [0, 0.1) is 0 Å². The van der Waals surface area contributed by atoms with E-state index in [0.29, 0.717) is 4.34 Å². The molecule has 2 rings (SSSR count). The highest BCUT2D eigenvalue weighted by molar-refractivity contribution is 7.82. The Bertz CT molecular complexity index is 407. The van der Waals surface area contributed by atoms with Crippen LogP contribution in [0.4, 0.5) is 5.00 Å². The van der Waals surface area contributed by atoms with Crippen LogP contribution in [0.3, 0.4) is 0 Å². The van der Waals surface area contributed by atoms with Crippen LogP contribution in [0.2, 0.25) is 0 Å². The molecular weight excluding hydrogens is 224 g/mol. The van der Waals surface area contributed by atoms with Gasteiger partial charge in [0.1, 0.15) is 10.7 Å². The number of anilines is 1. The molecule has 4 nitrogen and oxygen atoms in total. The van der Waals surface area contributed by atoms with Crippen molar-refractivity contribution in [2.24, 2.45) is 0 Å². The van der Waals surface area contributed by atoms with Gasteiger partial charge < -0.3 is 5.32 Å². The number of nitrogens with one attached hydrogen (secondary N) is 1. The van der Waals surface area contributed by atoms with E-state index in [1.54, 1.807) is 16.8 Å². The Balaban J connectivity index is 2.45. The third kappa shape index (κ3) is 1.67. The third-order valence-corrected chi connectivity index (χ3v) is 3.35. The predicted molar refractivity (Wildman–Crippen MR) is 57.8 cm³/mol. The first-order valence-electron chi connectivity index (χ1n) is 3.45. The normalized spacial score (nSPS) is 10.3. The second-order valence-corrected chi connectivity index (χ2v) is 4.73. The van der Waals surface area contributed by atoms with Gasteiger partial charge in [-0.05, 0) is 0 Å². The molecule has 0 aliphatic heterocycles. The van der Waals surface area contributed by atoms with Gasteiger partial charge in [-0.3, -0.25) is 0 Å². The molecule has 0 radical (unpaired) electrons. The van der Waals surface area contributed by atoms with Gasteiger partial charge in [-0.1, -0.05) is 11.3 Å². The molecule has 1 N–H and O–H groups in total. The molecule has 0 saturated carbocycles. The van der Waals surface area contributed by atoms with Crippen molar-refractivity contribution in [3.05, 3.63) is 5.51 Å². The van der Waals surface area contributed by atoms with E-state index in [4.69, 9.17) is 0 Å². The average Bonchev–Trinajstić information content (AvgIpc) is 2.71. The van der Waals surface area contributed by atoms with Gasteiger partial charge in [-0.2, -0.15) is 0 Å². The van der Waals surface area contributed by atoms with Crippen LogP contribution in [-0.4, -0.2) is 22.2 Å². The number of aromatic nitrogens is 3. The third-order valence-electron chi connectivity index (χ3n) is 1.41. The Kier molecular flexibility index (Phi) is 2.47. The summed E-state index contributed by atoms with van der Waals surface area (Å²) in [7, 11) is 1.86. The van der Waals surface area contributed by atoms with Gasteiger partial charge in [0, 0.05) is 7.05 Å². The fourth-order valence-electron chi connectivity index (χ4n) is 0.887. The summed E-state index contributed by atoms with van der Waals surface area (Å²) in [6, 6.07) is 0. The monoisotopic (exact) mass is 230 g/mol. The van der Waals surface area contributed by atoms with E-state index < -0.39 is 0 Å². The Hall–Kier alpha value is -0.660. The molecular formula is C6H6N4S3. The van der Waals surface area contributed by atoms with Crippen LogP contribution in [0.1, 0.15) is 0 Å². The zero-order chi connectivity index (χ0) is 9.26. The number of hydrogen-bond donors (Lipinski definition) is 2. The Morgan fingerprint density at radius 3 is 2.92 bits per heavy atom. The highest BCUT2D eigenvalue weighted by atomic mass is 32.2. The molecule has 2 aromatic heterocycles. The minimum Gasteiger partial charge on any atom is -0.378 e. The van der Waals surface area contributed by atoms with Crippen LogP contribution in [0.25, 0.3) is 10.7 Å².